The Morgan fingerprint density at radius 3 is 2.62 bits per heavy atom. The highest BCUT2D eigenvalue weighted by atomic mass is 16.6. The van der Waals surface area contributed by atoms with Crippen LogP contribution >= 0.6 is 0 Å². The Balaban J connectivity index is 1.85. The normalized spacial score (nSPS) is 12.3. The largest absolute Gasteiger partial charge is 0.337 e. The number of aryl methyl sites for hydroxylation is 1. The van der Waals surface area contributed by atoms with Crippen molar-refractivity contribution >= 4 is 5.69 Å². The highest BCUT2D eigenvalue weighted by Gasteiger charge is 2.27. The zero-order valence-corrected chi connectivity index (χ0v) is 13.6. The predicted octanol–water partition coefficient (Wildman–Crippen LogP) is 2.99. The minimum Gasteiger partial charge on any atom is -0.337 e. The Morgan fingerprint density at radius 2 is 2.00 bits per heavy atom. The van der Waals surface area contributed by atoms with Gasteiger partial charge in [0, 0.05) is 6.42 Å². The van der Waals surface area contributed by atoms with Crippen molar-refractivity contribution in [1.82, 2.24) is 19.9 Å². The molecule has 0 aliphatic heterocycles. The van der Waals surface area contributed by atoms with Crippen molar-refractivity contribution in [2.45, 2.75) is 33.2 Å². The molecule has 0 fully saturated rings. The van der Waals surface area contributed by atoms with Gasteiger partial charge in [-0.3, -0.25) is 14.8 Å². The van der Waals surface area contributed by atoms with Crippen LogP contribution in [-0.4, -0.2) is 24.8 Å². The van der Waals surface area contributed by atoms with Gasteiger partial charge < -0.3 is 4.52 Å². The molecule has 8 nitrogen and oxygen atoms in total. The summed E-state index contributed by atoms with van der Waals surface area (Å²) in [5.41, 5.74) is 1.94. The highest BCUT2D eigenvalue weighted by molar-refractivity contribution is 5.40. The maximum Gasteiger partial charge on any atom is 0.312 e. The molecule has 0 bridgehead atoms. The molecule has 124 valence electrons. The van der Waals surface area contributed by atoms with E-state index in [1.807, 2.05) is 37.3 Å². The Bertz CT molecular complexity index is 869. The molecule has 0 spiro atoms. The van der Waals surface area contributed by atoms with E-state index < -0.39 is 4.92 Å². The lowest BCUT2D eigenvalue weighted by atomic mass is 10.1. The first-order valence-electron chi connectivity index (χ1n) is 7.54. The van der Waals surface area contributed by atoms with Crippen LogP contribution in [0.1, 0.15) is 41.6 Å². The molecule has 8 heteroatoms. The number of nitro groups is 1. The van der Waals surface area contributed by atoms with Gasteiger partial charge in [-0.25, -0.2) is 0 Å². The van der Waals surface area contributed by atoms with Crippen molar-refractivity contribution in [1.29, 1.82) is 0 Å². The zero-order chi connectivity index (χ0) is 17.3. The van der Waals surface area contributed by atoms with Crippen LogP contribution in [0.2, 0.25) is 0 Å². The van der Waals surface area contributed by atoms with Gasteiger partial charge in [0.15, 0.2) is 5.82 Å². The minimum atomic E-state index is -0.421. The molecular weight excluding hydrogens is 310 g/mol. The summed E-state index contributed by atoms with van der Waals surface area (Å²) in [6.07, 6.45) is 0.564. The number of rotatable bonds is 5. The number of aromatic nitrogens is 4. The predicted molar refractivity (Wildman–Crippen MR) is 85.7 cm³/mol. The first-order chi connectivity index (χ1) is 11.5. The molecule has 2 aromatic heterocycles. The molecule has 3 rings (SSSR count). The average molecular weight is 327 g/mol. The van der Waals surface area contributed by atoms with E-state index in [9.17, 15) is 10.1 Å². The van der Waals surface area contributed by atoms with E-state index >= 15 is 0 Å². The molecule has 0 radical (unpaired) electrons. The fraction of sp³-hybridized carbons (Fsp3) is 0.312. The summed E-state index contributed by atoms with van der Waals surface area (Å²) < 4.78 is 6.87. The average Bonchev–Trinajstić information content (AvgIpc) is 3.12. The van der Waals surface area contributed by atoms with Gasteiger partial charge in [-0.05, 0) is 26.3 Å². The van der Waals surface area contributed by atoms with Gasteiger partial charge in [-0.2, -0.15) is 10.1 Å². The molecule has 0 saturated heterocycles. The van der Waals surface area contributed by atoms with Gasteiger partial charge in [0.1, 0.15) is 17.4 Å². The first-order valence-corrected chi connectivity index (χ1v) is 7.54. The van der Waals surface area contributed by atoms with E-state index in [0.717, 1.165) is 5.56 Å². The van der Waals surface area contributed by atoms with Crippen molar-refractivity contribution in [3.05, 3.63) is 69.1 Å². The van der Waals surface area contributed by atoms with Crippen LogP contribution in [-0.2, 0) is 6.42 Å². The van der Waals surface area contributed by atoms with Gasteiger partial charge in [0.2, 0.25) is 0 Å². The SMILES string of the molecule is Cc1nn([C@@H](C)c2nc(Cc3ccccc3)no2)c(C)c1[N+](=O)[O-]. The molecule has 1 aromatic carbocycles. The molecule has 24 heavy (non-hydrogen) atoms. The van der Waals surface area contributed by atoms with E-state index in [2.05, 4.69) is 15.2 Å². The zero-order valence-electron chi connectivity index (χ0n) is 13.6. The molecule has 0 saturated carbocycles. The molecule has 0 aliphatic rings. The standard InChI is InChI=1S/C16H17N5O3/c1-10-15(21(22)23)11(2)20(18-10)12(3)16-17-14(19-24-16)9-13-7-5-4-6-8-13/h4-8,12H,9H2,1-3H3/t12-/m0/s1. The van der Waals surface area contributed by atoms with Gasteiger partial charge in [0.25, 0.3) is 5.89 Å². The van der Waals surface area contributed by atoms with Crippen LogP contribution < -0.4 is 0 Å². The van der Waals surface area contributed by atoms with E-state index in [-0.39, 0.29) is 11.7 Å². The van der Waals surface area contributed by atoms with Gasteiger partial charge in [-0.1, -0.05) is 35.5 Å². The van der Waals surface area contributed by atoms with Crippen LogP contribution in [0.5, 0.6) is 0 Å². The molecule has 0 N–H and O–H groups in total. The van der Waals surface area contributed by atoms with E-state index in [1.165, 1.54) is 0 Å². The molecule has 0 amide bonds. The van der Waals surface area contributed by atoms with Gasteiger partial charge in [0.05, 0.1) is 4.92 Å². The van der Waals surface area contributed by atoms with Gasteiger partial charge in [-0.15, -0.1) is 0 Å². The van der Waals surface area contributed by atoms with Crippen LogP contribution in [0, 0.1) is 24.0 Å². The fourth-order valence-corrected chi connectivity index (χ4v) is 2.69. The Hall–Kier alpha value is -3.03. The number of benzene rings is 1. The van der Waals surface area contributed by atoms with Crippen LogP contribution in [0.3, 0.4) is 0 Å². The monoisotopic (exact) mass is 327 g/mol. The number of nitrogens with zero attached hydrogens (tertiary/aromatic N) is 5. The first kappa shape index (κ1) is 15.9. The second-order valence-electron chi connectivity index (χ2n) is 5.61. The van der Waals surface area contributed by atoms with Crippen molar-refractivity contribution in [2.75, 3.05) is 0 Å². The lowest BCUT2D eigenvalue weighted by Crippen LogP contribution is -2.11. The lowest BCUT2D eigenvalue weighted by molar-refractivity contribution is -0.386. The summed E-state index contributed by atoms with van der Waals surface area (Å²) in [5.74, 6) is 0.945. The van der Waals surface area contributed by atoms with Crippen LogP contribution in [0.15, 0.2) is 34.9 Å². The fourth-order valence-electron chi connectivity index (χ4n) is 2.69. The third-order valence-electron chi connectivity index (χ3n) is 3.88. The summed E-state index contributed by atoms with van der Waals surface area (Å²) >= 11 is 0. The van der Waals surface area contributed by atoms with Crippen LogP contribution in [0.4, 0.5) is 5.69 Å². The topological polar surface area (TPSA) is 99.9 Å². The summed E-state index contributed by atoms with van der Waals surface area (Å²) in [4.78, 5) is 15.1. The third kappa shape index (κ3) is 2.90. The van der Waals surface area contributed by atoms with Crippen LogP contribution in [0.25, 0.3) is 0 Å². The van der Waals surface area contributed by atoms with E-state index in [1.54, 1.807) is 18.5 Å². The minimum absolute atomic E-state index is 0.0193. The number of hydrogen-bond donors (Lipinski definition) is 0. The quantitative estimate of drug-likeness (QED) is 0.527. The second kappa shape index (κ2) is 6.23. The van der Waals surface area contributed by atoms with E-state index in [0.29, 0.717) is 29.5 Å². The molecule has 1 atom stereocenters. The Morgan fingerprint density at radius 1 is 1.29 bits per heavy atom. The van der Waals surface area contributed by atoms with Gasteiger partial charge >= 0.3 is 5.69 Å². The van der Waals surface area contributed by atoms with E-state index in [4.69, 9.17) is 4.52 Å². The molecule has 3 aromatic rings. The summed E-state index contributed by atoms with van der Waals surface area (Å²) in [6, 6.07) is 9.45. The molecule has 2 heterocycles. The summed E-state index contributed by atoms with van der Waals surface area (Å²) in [5, 5.41) is 19.4. The third-order valence-corrected chi connectivity index (χ3v) is 3.88. The number of hydrogen-bond acceptors (Lipinski definition) is 6. The Labute approximate surface area is 138 Å². The maximum absolute atomic E-state index is 11.1. The Kier molecular flexibility index (Phi) is 4.11. The maximum atomic E-state index is 11.1. The summed E-state index contributed by atoms with van der Waals surface area (Å²) in [7, 11) is 0. The van der Waals surface area contributed by atoms with Crippen molar-refractivity contribution < 1.29 is 9.45 Å². The molecular formula is C16H17N5O3. The lowest BCUT2D eigenvalue weighted by Gasteiger charge is -2.08. The van der Waals surface area contributed by atoms with Crippen molar-refractivity contribution in [2.24, 2.45) is 0 Å². The highest BCUT2D eigenvalue weighted by Crippen LogP contribution is 2.27. The van der Waals surface area contributed by atoms with Crippen molar-refractivity contribution in [3.8, 4) is 0 Å². The second-order valence-corrected chi connectivity index (χ2v) is 5.61. The smallest absolute Gasteiger partial charge is 0.312 e. The van der Waals surface area contributed by atoms with Crippen molar-refractivity contribution in [3.63, 3.8) is 0 Å². The molecule has 0 aliphatic carbocycles. The molecule has 0 unspecified atom stereocenters. The summed E-state index contributed by atoms with van der Waals surface area (Å²) in [6.45, 7) is 5.10.